The topological polar surface area (TPSA) is 3.24 Å². The molecule has 0 N–H and O–H groups in total. The molecule has 0 aliphatic heterocycles. The molecule has 4 heteroatoms. The van der Waals surface area contributed by atoms with E-state index in [9.17, 15) is 13.2 Å². The molecule has 0 rings (SSSR count). The smallest absolute Gasteiger partial charge is 0.125 e. The van der Waals surface area contributed by atoms with Gasteiger partial charge in [0, 0.05) is 5.54 Å². The number of hydrogen-bond acceptors (Lipinski definition) is 1. The highest BCUT2D eigenvalue weighted by Gasteiger charge is 2.30. The third-order valence-corrected chi connectivity index (χ3v) is 4.97. The predicted octanol–water partition coefficient (Wildman–Crippen LogP) is 7.01. The zero-order valence-corrected chi connectivity index (χ0v) is 17.1. The normalized spacial score (nSPS) is 17.3. The maximum atomic E-state index is 14.3. The first-order valence-corrected chi connectivity index (χ1v) is 9.14. The van der Waals surface area contributed by atoms with E-state index in [0.29, 0.717) is 24.7 Å². The molecule has 1 nitrogen and oxygen atoms in total. The van der Waals surface area contributed by atoms with Crippen molar-refractivity contribution in [3.8, 4) is 0 Å². The minimum absolute atomic E-state index is 0.208. The van der Waals surface area contributed by atoms with Gasteiger partial charge in [0.2, 0.25) is 0 Å². The van der Waals surface area contributed by atoms with E-state index < -0.39 is 12.5 Å². The summed E-state index contributed by atoms with van der Waals surface area (Å²) in [6, 6.07) is 0. The summed E-state index contributed by atoms with van der Waals surface area (Å²) in [4.78, 5) is 2.15. The van der Waals surface area contributed by atoms with E-state index in [1.165, 1.54) is 6.08 Å². The van der Waals surface area contributed by atoms with Gasteiger partial charge in [-0.1, -0.05) is 48.8 Å². The lowest BCUT2D eigenvalue weighted by atomic mass is 9.81. The predicted molar refractivity (Wildman–Crippen MR) is 107 cm³/mol. The van der Waals surface area contributed by atoms with Gasteiger partial charge in [-0.3, -0.25) is 0 Å². The van der Waals surface area contributed by atoms with E-state index in [4.69, 9.17) is 0 Å². The van der Waals surface area contributed by atoms with Crippen LogP contribution in [-0.2, 0) is 0 Å². The highest BCUT2D eigenvalue weighted by Crippen LogP contribution is 2.34. The maximum absolute atomic E-state index is 14.3. The average Bonchev–Trinajstić information content (AvgIpc) is 2.60. The molecule has 1 unspecified atom stereocenters. The van der Waals surface area contributed by atoms with Crippen LogP contribution in [0.2, 0.25) is 0 Å². The maximum Gasteiger partial charge on any atom is 0.125 e. The molecule has 0 aromatic heterocycles. The molecule has 0 saturated heterocycles. The lowest BCUT2D eigenvalue weighted by Gasteiger charge is -2.39. The van der Waals surface area contributed by atoms with Gasteiger partial charge in [-0.25, -0.2) is 13.2 Å². The van der Waals surface area contributed by atoms with Crippen molar-refractivity contribution in [3.05, 3.63) is 59.3 Å². The van der Waals surface area contributed by atoms with Gasteiger partial charge in [0.1, 0.15) is 12.5 Å². The van der Waals surface area contributed by atoms with Crippen LogP contribution >= 0.6 is 0 Å². The molecule has 0 saturated carbocycles. The van der Waals surface area contributed by atoms with Crippen molar-refractivity contribution in [2.75, 3.05) is 20.8 Å². The fourth-order valence-electron chi connectivity index (χ4n) is 3.02. The van der Waals surface area contributed by atoms with Crippen LogP contribution in [0, 0.1) is 0 Å². The molecule has 0 aromatic carbocycles. The molecule has 0 fully saturated rings. The van der Waals surface area contributed by atoms with Crippen LogP contribution in [0.5, 0.6) is 0 Å². The molecule has 0 aliphatic carbocycles. The first-order chi connectivity index (χ1) is 12.3. The summed E-state index contributed by atoms with van der Waals surface area (Å²) in [6.07, 6.45) is 10.7. The number of rotatable bonds is 11. The van der Waals surface area contributed by atoms with Gasteiger partial charge in [-0.05, 0) is 65.8 Å². The van der Waals surface area contributed by atoms with Gasteiger partial charge in [0.15, 0.2) is 0 Å². The summed E-state index contributed by atoms with van der Waals surface area (Å²) in [5.74, 6) is -0.567. The van der Waals surface area contributed by atoms with Crippen LogP contribution < -0.4 is 0 Å². The summed E-state index contributed by atoms with van der Waals surface area (Å²) in [5, 5.41) is 0. The van der Waals surface area contributed by atoms with Crippen molar-refractivity contribution in [2.24, 2.45) is 0 Å². The highest BCUT2D eigenvalue weighted by atomic mass is 19.1. The number of hydrogen-bond donors (Lipinski definition) is 0. The van der Waals surface area contributed by atoms with Crippen LogP contribution in [0.4, 0.5) is 13.2 Å². The van der Waals surface area contributed by atoms with E-state index in [0.717, 1.165) is 30.1 Å². The first kappa shape index (κ1) is 24.5. The van der Waals surface area contributed by atoms with Gasteiger partial charge >= 0.3 is 0 Å². The van der Waals surface area contributed by atoms with Crippen molar-refractivity contribution in [3.63, 3.8) is 0 Å². The van der Waals surface area contributed by atoms with Crippen molar-refractivity contribution in [1.29, 1.82) is 0 Å². The molecular weight excluding hydrogens is 335 g/mol. The Hall–Kier alpha value is -1.55. The molecule has 0 radical (unpaired) electrons. The Labute approximate surface area is 157 Å². The molecule has 0 bridgehead atoms. The highest BCUT2D eigenvalue weighted by molar-refractivity contribution is 5.37. The molecule has 0 spiro atoms. The van der Waals surface area contributed by atoms with Crippen LogP contribution in [0.15, 0.2) is 59.3 Å². The first-order valence-electron chi connectivity index (χ1n) is 9.14. The quantitative estimate of drug-likeness (QED) is 0.280. The molecule has 148 valence electrons. The number of allylic oxidation sites excluding steroid dienone is 8. The number of nitrogens with zero attached hydrogens (tertiary/aromatic N) is 1. The van der Waals surface area contributed by atoms with Crippen LogP contribution in [0.1, 0.15) is 53.4 Å². The molecule has 1 atom stereocenters. The molecule has 0 aromatic rings. The third kappa shape index (κ3) is 7.36. The van der Waals surface area contributed by atoms with Crippen LogP contribution in [0.3, 0.4) is 0 Å². The summed E-state index contributed by atoms with van der Waals surface area (Å²) < 4.78 is 39.6. The number of halogens is 3. The van der Waals surface area contributed by atoms with E-state index >= 15 is 0 Å². The molecular formula is C22H34F3N. The molecule has 26 heavy (non-hydrogen) atoms. The van der Waals surface area contributed by atoms with Gasteiger partial charge in [0.05, 0.1) is 6.33 Å². The monoisotopic (exact) mass is 369 g/mol. The fourth-order valence-corrected chi connectivity index (χ4v) is 3.02. The van der Waals surface area contributed by atoms with Crippen LogP contribution in [0.25, 0.3) is 0 Å². The summed E-state index contributed by atoms with van der Waals surface area (Å²) in [6.45, 7) is 7.28. The minimum Gasteiger partial charge on any atom is -0.300 e. The second kappa shape index (κ2) is 12.7. The number of likely N-dealkylation sites (N-methyl/N-ethyl adjacent to an activating group) is 1. The summed E-state index contributed by atoms with van der Waals surface area (Å²) in [7, 11) is 4.03. The Balaban J connectivity index is 6.16. The lowest BCUT2D eigenvalue weighted by molar-refractivity contribution is 0.197. The molecule has 0 heterocycles. The summed E-state index contributed by atoms with van der Waals surface area (Å²) >= 11 is 0. The van der Waals surface area contributed by atoms with Crippen molar-refractivity contribution in [1.82, 2.24) is 4.90 Å². The lowest BCUT2D eigenvalue weighted by Crippen LogP contribution is -2.42. The average molecular weight is 370 g/mol. The van der Waals surface area contributed by atoms with Crippen LogP contribution in [-0.4, -0.2) is 31.2 Å². The Morgan fingerprint density at radius 2 is 1.88 bits per heavy atom. The van der Waals surface area contributed by atoms with E-state index in [-0.39, 0.29) is 5.54 Å². The Morgan fingerprint density at radius 3 is 2.35 bits per heavy atom. The standard InChI is InChI=1S/C22H34F3N/c1-7-9-11-20(21(25)13-16-24)17-19(12-10-15-23)18(3)22(4,14-8-2)26(5)6/h7,9-11,13,15H,8,12,14,16-17H2,1-6H3/b9-7-,15-10+,19-18-,20-11-,21-13?. The van der Waals surface area contributed by atoms with Crippen molar-refractivity contribution in [2.45, 2.75) is 58.9 Å². The van der Waals surface area contributed by atoms with Crippen molar-refractivity contribution < 1.29 is 13.2 Å². The van der Waals surface area contributed by atoms with Gasteiger partial charge in [-0.15, -0.1) is 0 Å². The van der Waals surface area contributed by atoms with E-state index in [2.05, 4.69) is 18.7 Å². The molecule has 0 amide bonds. The van der Waals surface area contributed by atoms with E-state index in [1.54, 1.807) is 18.2 Å². The Morgan fingerprint density at radius 1 is 1.23 bits per heavy atom. The van der Waals surface area contributed by atoms with Gasteiger partial charge < -0.3 is 4.90 Å². The minimum atomic E-state index is -0.854. The zero-order valence-electron chi connectivity index (χ0n) is 17.1. The largest absolute Gasteiger partial charge is 0.300 e. The molecule has 0 aliphatic rings. The van der Waals surface area contributed by atoms with E-state index in [1.807, 2.05) is 27.9 Å². The Kier molecular flexibility index (Phi) is 12.0. The fraction of sp³-hybridized carbons (Fsp3) is 0.545. The van der Waals surface area contributed by atoms with Gasteiger partial charge in [-0.2, -0.15) is 0 Å². The number of alkyl halides is 1. The second-order valence-electron chi connectivity index (χ2n) is 6.81. The van der Waals surface area contributed by atoms with Crippen molar-refractivity contribution >= 4 is 0 Å². The second-order valence-corrected chi connectivity index (χ2v) is 6.81. The zero-order chi connectivity index (χ0) is 20.2. The third-order valence-electron chi connectivity index (χ3n) is 4.97. The summed E-state index contributed by atoms with van der Waals surface area (Å²) in [5.41, 5.74) is 2.24. The van der Waals surface area contributed by atoms with Gasteiger partial charge in [0.25, 0.3) is 0 Å². The Bertz CT molecular complexity index is 568. The SMILES string of the molecule is C/C=C\C=C(\C/C(C/C=C/F)=C(/C)C(C)(CCC)N(C)C)C(F)=CCF.